The molecule has 0 saturated carbocycles. The van der Waals surface area contributed by atoms with E-state index in [9.17, 15) is 24.5 Å². The minimum atomic E-state index is -0.794. The molecule has 0 N–H and O–H groups in total. The van der Waals surface area contributed by atoms with Crippen molar-refractivity contribution in [2.24, 2.45) is 0 Å². The molecule has 1 heterocycles. The summed E-state index contributed by atoms with van der Waals surface area (Å²) in [5.41, 5.74) is 0.148. The molecule has 0 amide bonds. The van der Waals surface area contributed by atoms with Gasteiger partial charge in [-0.15, -0.1) is 0 Å². The summed E-state index contributed by atoms with van der Waals surface area (Å²) < 4.78 is 15.2. The molecule has 9 nitrogen and oxygen atoms in total. The molecule has 0 radical (unpaired) electrons. The molecule has 0 fully saturated rings. The lowest BCUT2D eigenvalue weighted by Gasteiger charge is -2.09. The van der Waals surface area contributed by atoms with Gasteiger partial charge in [0.05, 0.1) is 10.5 Å². The molecule has 0 bridgehead atoms. The number of rotatable bonds is 5. The third-order valence-electron chi connectivity index (χ3n) is 3.96. The molecule has 0 aliphatic carbocycles. The topological polar surface area (TPSA) is 122 Å². The third-order valence-corrected chi connectivity index (χ3v) is 4.21. The molecule has 31 heavy (non-hydrogen) atoms. The maximum atomic E-state index is 12.3. The van der Waals surface area contributed by atoms with Crippen LogP contribution in [-0.4, -0.2) is 22.8 Å². The fourth-order valence-electron chi connectivity index (χ4n) is 2.71. The number of hydrogen-bond acceptors (Lipinski definition) is 8. The Balaban J connectivity index is 2.10. The van der Waals surface area contributed by atoms with E-state index in [4.69, 9.17) is 25.8 Å². The number of esters is 3. The zero-order valence-electron chi connectivity index (χ0n) is 16.2. The van der Waals surface area contributed by atoms with E-state index in [1.807, 2.05) is 0 Å². The molecule has 10 heteroatoms. The van der Waals surface area contributed by atoms with E-state index in [0.717, 1.165) is 26.0 Å². The van der Waals surface area contributed by atoms with Crippen molar-refractivity contribution in [1.29, 1.82) is 0 Å². The Morgan fingerprint density at radius 2 is 1.68 bits per heavy atom. The average Bonchev–Trinajstić information content (AvgIpc) is 3.03. The van der Waals surface area contributed by atoms with E-state index >= 15 is 0 Å². The van der Waals surface area contributed by atoms with E-state index < -0.39 is 34.3 Å². The van der Waals surface area contributed by atoms with Gasteiger partial charge in [-0.2, -0.15) is 0 Å². The highest BCUT2D eigenvalue weighted by molar-refractivity contribution is 6.30. The van der Waals surface area contributed by atoms with Crippen LogP contribution in [0, 0.1) is 10.1 Å². The van der Waals surface area contributed by atoms with Crippen LogP contribution in [0.3, 0.4) is 0 Å². The van der Waals surface area contributed by atoms with E-state index in [1.54, 1.807) is 24.3 Å². The SMILES string of the molecule is CC(=O)Oc1cc(OC(C)=O)c([N+](=O)[O-])cc1/C=C1\C=C(c2ccc(Cl)cc2)OC1=O. The largest absolute Gasteiger partial charge is 0.426 e. The van der Waals surface area contributed by atoms with Crippen LogP contribution in [0.25, 0.3) is 11.8 Å². The van der Waals surface area contributed by atoms with Crippen LogP contribution >= 0.6 is 11.6 Å². The number of benzene rings is 2. The summed E-state index contributed by atoms with van der Waals surface area (Å²) in [5, 5.41) is 11.9. The standard InChI is InChI=1S/C21H14ClNO8/c1-11(24)29-19-10-20(30-12(2)25)17(23(27)28)8-14(19)7-15-9-18(31-21(15)26)13-3-5-16(22)6-4-13/h3-10H,1-2H3/b15-7+. The third kappa shape index (κ3) is 5.14. The number of nitro groups is 1. The predicted octanol–water partition coefficient (Wildman–Crippen LogP) is 4.08. The van der Waals surface area contributed by atoms with E-state index in [2.05, 4.69) is 0 Å². The maximum Gasteiger partial charge on any atom is 0.343 e. The number of carbonyl (C=O) groups is 3. The van der Waals surface area contributed by atoms with Crippen LogP contribution < -0.4 is 9.47 Å². The van der Waals surface area contributed by atoms with E-state index in [-0.39, 0.29) is 22.6 Å². The van der Waals surface area contributed by atoms with Gasteiger partial charge in [0.2, 0.25) is 5.75 Å². The number of ether oxygens (including phenoxy) is 3. The molecule has 1 aliphatic heterocycles. The summed E-state index contributed by atoms with van der Waals surface area (Å²) in [7, 11) is 0. The van der Waals surface area contributed by atoms with Crippen molar-refractivity contribution in [3.05, 3.63) is 74.3 Å². The summed E-state index contributed by atoms with van der Waals surface area (Å²) in [6, 6.07) is 8.65. The minimum Gasteiger partial charge on any atom is -0.426 e. The zero-order valence-corrected chi connectivity index (χ0v) is 17.0. The van der Waals surface area contributed by atoms with Crippen LogP contribution in [0.5, 0.6) is 11.5 Å². The minimum absolute atomic E-state index is 0.0401. The lowest BCUT2D eigenvalue weighted by molar-refractivity contribution is -0.385. The Hall–Kier alpha value is -3.98. The Labute approximate surface area is 180 Å². The summed E-state index contributed by atoms with van der Waals surface area (Å²) in [6.07, 6.45) is 2.71. The van der Waals surface area contributed by atoms with Crippen molar-refractivity contribution in [2.45, 2.75) is 13.8 Å². The van der Waals surface area contributed by atoms with Gasteiger partial charge in [-0.25, -0.2) is 4.79 Å². The molecule has 3 rings (SSSR count). The highest BCUT2D eigenvalue weighted by Crippen LogP contribution is 2.37. The molecule has 0 saturated heterocycles. The van der Waals surface area contributed by atoms with Crippen molar-refractivity contribution in [2.75, 3.05) is 0 Å². The number of carbonyl (C=O) groups excluding carboxylic acids is 3. The van der Waals surface area contributed by atoms with Crippen LogP contribution in [0.15, 0.2) is 48.0 Å². The van der Waals surface area contributed by atoms with Gasteiger partial charge in [0.15, 0.2) is 0 Å². The van der Waals surface area contributed by atoms with Gasteiger partial charge in [0.1, 0.15) is 11.5 Å². The lowest BCUT2D eigenvalue weighted by Crippen LogP contribution is -2.08. The maximum absolute atomic E-state index is 12.3. The van der Waals surface area contributed by atoms with Crippen molar-refractivity contribution >= 4 is 47.0 Å². The predicted molar refractivity (Wildman–Crippen MR) is 109 cm³/mol. The molecule has 2 aromatic carbocycles. The molecule has 0 spiro atoms. The van der Waals surface area contributed by atoms with Gasteiger partial charge in [0.25, 0.3) is 0 Å². The van der Waals surface area contributed by atoms with Crippen molar-refractivity contribution in [3.8, 4) is 11.5 Å². The van der Waals surface area contributed by atoms with Crippen LogP contribution in [0.2, 0.25) is 5.02 Å². The molecule has 0 atom stereocenters. The first-order valence-corrected chi connectivity index (χ1v) is 9.12. The van der Waals surface area contributed by atoms with Crippen LogP contribution in [-0.2, 0) is 19.1 Å². The quantitative estimate of drug-likeness (QED) is 0.223. The molecule has 158 valence electrons. The summed E-state index contributed by atoms with van der Waals surface area (Å²) in [4.78, 5) is 45.7. The fraction of sp³-hybridized carbons (Fsp3) is 0.0952. The Morgan fingerprint density at radius 1 is 1.06 bits per heavy atom. The summed E-state index contributed by atoms with van der Waals surface area (Å²) in [6.45, 7) is 2.20. The second-order valence-corrected chi connectivity index (χ2v) is 6.74. The smallest absolute Gasteiger partial charge is 0.343 e. The zero-order chi connectivity index (χ0) is 22.7. The second kappa shape index (κ2) is 8.80. The normalized spacial score (nSPS) is 14.1. The second-order valence-electron chi connectivity index (χ2n) is 6.31. The highest BCUT2D eigenvalue weighted by Gasteiger charge is 2.26. The number of nitro benzene ring substituents is 1. The number of hydrogen-bond donors (Lipinski definition) is 0. The van der Waals surface area contributed by atoms with Gasteiger partial charge in [-0.05, 0) is 36.4 Å². The molecular weight excluding hydrogens is 430 g/mol. The molecule has 0 aromatic heterocycles. The van der Waals surface area contributed by atoms with E-state index in [0.29, 0.717) is 10.6 Å². The number of nitrogens with zero attached hydrogens (tertiary/aromatic N) is 1. The average molecular weight is 444 g/mol. The van der Waals surface area contributed by atoms with Crippen molar-refractivity contribution in [3.63, 3.8) is 0 Å². The molecule has 1 aliphatic rings. The molecular formula is C21H14ClNO8. The van der Waals surface area contributed by atoms with Gasteiger partial charge in [0, 0.05) is 42.1 Å². The Morgan fingerprint density at radius 3 is 2.26 bits per heavy atom. The summed E-state index contributed by atoms with van der Waals surface area (Å²) >= 11 is 5.86. The number of cyclic esters (lactones) is 1. The van der Waals surface area contributed by atoms with Gasteiger partial charge in [-0.3, -0.25) is 19.7 Å². The van der Waals surface area contributed by atoms with Gasteiger partial charge < -0.3 is 14.2 Å². The summed E-state index contributed by atoms with van der Waals surface area (Å²) in [5.74, 6) is -2.49. The molecule has 2 aromatic rings. The lowest BCUT2D eigenvalue weighted by atomic mass is 10.1. The van der Waals surface area contributed by atoms with Crippen LogP contribution in [0.1, 0.15) is 25.0 Å². The van der Waals surface area contributed by atoms with E-state index in [1.165, 1.54) is 12.2 Å². The molecule has 0 unspecified atom stereocenters. The monoisotopic (exact) mass is 443 g/mol. The highest BCUT2D eigenvalue weighted by atomic mass is 35.5. The van der Waals surface area contributed by atoms with Crippen LogP contribution in [0.4, 0.5) is 5.69 Å². The van der Waals surface area contributed by atoms with Gasteiger partial charge in [-0.1, -0.05) is 11.6 Å². The first-order valence-electron chi connectivity index (χ1n) is 8.75. The fourth-order valence-corrected chi connectivity index (χ4v) is 2.84. The van der Waals surface area contributed by atoms with Gasteiger partial charge >= 0.3 is 23.6 Å². The van der Waals surface area contributed by atoms with Crippen molar-refractivity contribution < 1.29 is 33.5 Å². The Kier molecular flexibility index (Phi) is 6.17. The first-order chi connectivity index (χ1) is 14.6. The first kappa shape index (κ1) is 21.7. The van der Waals surface area contributed by atoms with Crippen molar-refractivity contribution in [1.82, 2.24) is 0 Å². The number of halogens is 1. The Bertz CT molecular complexity index is 1160.